The number of carbonyl (C=O) groups excluding carboxylic acids is 3. The van der Waals surface area contributed by atoms with Crippen LogP contribution in [0.1, 0.15) is 23.2 Å². The highest BCUT2D eigenvalue weighted by Gasteiger charge is 2.22. The quantitative estimate of drug-likeness (QED) is 0.406. The molecule has 0 atom stereocenters. The first-order valence-corrected chi connectivity index (χ1v) is 9.22. The fraction of sp³-hybridized carbons (Fsp3) is 0.250. The first kappa shape index (κ1) is 20.8. The van der Waals surface area contributed by atoms with Gasteiger partial charge in [-0.3, -0.25) is 19.7 Å². The van der Waals surface area contributed by atoms with Crippen LogP contribution in [0.5, 0.6) is 0 Å². The first-order valence-electron chi connectivity index (χ1n) is 9.22. The molecule has 2 N–H and O–H groups in total. The van der Waals surface area contributed by atoms with E-state index in [-0.39, 0.29) is 17.2 Å². The molecule has 10 nitrogen and oxygen atoms in total. The van der Waals surface area contributed by atoms with Gasteiger partial charge in [-0.2, -0.15) is 0 Å². The highest BCUT2D eigenvalue weighted by molar-refractivity contribution is 5.99. The molecule has 2 aromatic carbocycles. The predicted octanol–water partition coefficient (Wildman–Crippen LogP) is 2.56. The van der Waals surface area contributed by atoms with Crippen molar-refractivity contribution in [3.8, 4) is 0 Å². The number of non-ortho nitro benzene ring substituents is 1. The molecule has 0 unspecified atom stereocenters. The van der Waals surface area contributed by atoms with Gasteiger partial charge in [0.05, 0.1) is 10.5 Å². The number of benzene rings is 2. The van der Waals surface area contributed by atoms with Gasteiger partial charge >= 0.3 is 5.97 Å². The molecule has 0 radical (unpaired) electrons. The molecule has 10 heteroatoms. The molecule has 1 aliphatic heterocycles. The Balaban J connectivity index is 1.58. The van der Waals surface area contributed by atoms with Crippen molar-refractivity contribution in [2.24, 2.45) is 0 Å². The number of anilines is 3. The molecule has 30 heavy (non-hydrogen) atoms. The van der Waals surface area contributed by atoms with Crippen LogP contribution in [-0.4, -0.2) is 42.9 Å². The Morgan fingerprint density at radius 2 is 1.93 bits per heavy atom. The third kappa shape index (κ3) is 4.72. The number of rotatable bonds is 7. The van der Waals surface area contributed by atoms with E-state index in [0.29, 0.717) is 24.3 Å². The molecule has 3 rings (SSSR count). The zero-order valence-electron chi connectivity index (χ0n) is 16.2. The Labute approximate surface area is 172 Å². The summed E-state index contributed by atoms with van der Waals surface area (Å²) < 4.78 is 4.99. The number of amides is 2. The number of nitrogens with zero attached hydrogens (tertiary/aromatic N) is 2. The van der Waals surface area contributed by atoms with Crippen LogP contribution in [0.2, 0.25) is 0 Å². The average Bonchev–Trinajstić information content (AvgIpc) is 3.17. The lowest BCUT2D eigenvalue weighted by Gasteiger charge is -2.16. The Kier molecular flexibility index (Phi) is 6.26. The van der Waals surface area contributed by atoms with Crippen LogP contribution in [0, 0.1) is 10.1 Å². The zero-order valence-corrected chi connectivity index (χ0v) is 16.2. The van der Waals surface area contributed by atoms with Crippen LogP contribution in [0.15, 0.2) is 42.5 Å². The maximum Gasteiger partial charge on any atom is 0.341 e. The summed E-state index contributed by atoms with van der Waals surface area (Å²) in [4.78, 5) is 48.1. The summed E-state index contributed by atoms with van der Waals surface area (Å²) >= 11 is 0. The van der Waals surface area contributed by atoms with Gasteiger partial charge in [-0.15, -0.1) is 0 Å². The molecule has 1 fully saturated rings. The van der Waals surface area contributed by atoms with Gasteiger partial charge in [-0.05, 0) is 36.8 Å². The fourth-order valence-electron chi connectivity index (χ4n) is 3.08. The van der Waals surface area contributed by atoms with Gasteiger partial charge in [0.1, 0.15) is 0 Å². The van der Waals surface area contributed by atoms with Crippen molar-refractivity contribution in [1.29, 1.82) is 0 Å². The molecule has 1 heterocycles. The number of nitro benzene ring substituents is 1. The largest absolute Gasteiger partial charge is 0.452 e. The lowest BCUT2D eigenvalue weighted by molar-refractivity contribution is -0.384. The molecule has 0 aromatic heterocycles. The molecule has 2 aromatic rings. The smallest absolute Gasteiger partial charge is 0.341 e. The Bertz CT molecular complexity index is 989. The van der Waals surface area contributed by atoms with Crippen LogP contribution in [0.3, 0.4) is 0 Å². The van der Waals surface area contributed by atoms with Gasteiger partial charge in [-0.25, -0.2) is 4.79 Å². The van der Waals surface area contributed by atoms with Crippen molar-refractivity contribution < 1.29 is 24.0 Å². The van der Waals surface area contributed by atoms with E-state index in [9.17, 15) is 24.5 Å². The summed E-state index contributed by atoms with van der Waals surface area (Å²) in [6, 6.07) is 10.5. The van der Waals surface area contributed by atoms with E-state index in [2.05, 4.69) is 10.6 Å². The van der Waals surface area contributed by atoms with E-state index >= 15 is 0 Å². The minimum Gasteiger partial charge on any atom is -0.452 e. The molecule has 0 aliphatic carbocycles. The molecule has 0 spiro atoms. The molecular weight excluding hydrogens is 392 g/mol. The fourth-order valence-corrected chi connectivity index (χ4v) is 3.08. The predicted molar refractivity (Wildman–Crippen MR) is 110 cm³/mol. The van der Waals surface area contributed by atoms with Gasteiger partial charge in [0.15, 0.2) is 6.61 Å². The third-order valence-electron chi connectivity index (χ3n) is 4.57. The van der Waals surface area contributed by atoms with Crippen LogP contribution in [0.25, 0.3) is 0 Å². The van der Waals surface area contributed by atoms with Crippen molar-refractivity contribution in [3.63, 3.8) is 0 Å². The topological polar surface area (TPSA) is 131 Å². The number of carbonyl (C=O) groups is 3. The van der Waals surface area contributed by atoms with Crippen LogP contribution >= 0.6 is 0 Å². The van der Waals surface area contributed by atoms with Crippen molar-refractivity contribution in [2.75, 3.05) is 35.7 Å². The Morgan fingerprint density at radius 3 is 2.53 bits per heavy atom. The van der Waals surface area contributed by atoms with Gasteiger partial charge in [-0.1, -0.05) is 0 Å². The molecule has 1 saturated heterocycles. The lowest BCUT2D eigenvalue weighted by Crippen LogP contribution is -2.24. The first-order chi connectivity index (χ1) is 14.4. The number of nitro groups is 1. The Hall–Kier alpha value is -3.95. The van der Waals surface area contributed by atoms with Crippen molar-refractivity contribution >= 4 is 40.5 Å². The van der Waals surface area contributed by atoms with Crippen molar-refractivity contribution in [3.05, 3.63) is 58.1 Å². The van der Waals surface area contributed by atoms with Gasteiger partial charge < -0.3 is 20.3 Å². The monoisotopic (exact) mass is 412 g/mol. The minimum absolute atomic E-state index is 0.0425. The summed E-state index contributed by atoms with van der Waals surface area (Å²) in [7, 11) is 1.56. The highest BCUT2D eigenvalue weighted by atomic mass is 16.6. The molecule has 1 aliphatic rings. The van der Waals surface area contributed by atoms with Gasteiger partial charge in [0, 0.05) is 49.2 Å². The van der Waals surface area contributed by atoms with Crippen LogP contribution in [0.4, 0.5) is 22.7 Å². The summed E-state index contributed by atoms with van der Waals surface area (Å²) in [5, 5.41) is 16.3. The van der Waals surface area contributed by atoms with E-state index in [4.69, 9.17) is 4.74 Å². The number of hydrogen-bond donors (Lipinski definition) is 2. The van der Waals surface area contributed by atoms with E-state index in [1.807, 2.05) is 0 Å². The molecule has 156 valence electrons. The average molecular weight is 412 g/mol. The van der Waals surface area contributed by atoms with E-state index in [1.54, 1.807) is 36.2 Å². The number of ether oxygens (including phenoxy) is 1. The van der Waals surface area contributed by atoms with Crippen LogP contribution < -0.4 is 15.5 Å². The van der Waals surface area contributed by atoms with E-state index in [1.165, 1.54) is 12.1 Å². The second-order valence-electron chi connectivity index (χ2n) is 6.56. The standard InChI is InChI=1S/C20H20N4O6/c1-21-17-9-8-15(24(28)29)11-16(17)20(27)30-12-18(25)22-13-4-6-14(7-5-13)23-10-2-3-19(23)26/h4-9,11,21H,2-3,10,12H2,1H3,(H,22,25). The maximum absolute atomic E-state index is 12.3. The summed E-state index contributed by atoms with van der Waals surface area (Å²) in [5.74, 6) is -1.35. The van der Waals surface area contributed by atoms with Crippen molar-refractivity contribution in [1.82, 2.24) is 0 Å². The number of nitrogens with one attached hydrogen (secondary N) is 2. The second kappa shape index (κ2) is 9.03. The van der Waals surface area contributed by atoms with Crippen LogP contribution in [-0.2, 0) is 14.3 Å². The molecule has 2 amide bonds. The summed E-state index contributed by atoms with van der Waals surface area (Å²) in [5.41, 5.74) is 1.28. The molecule has 0 bridgehead atoms. The zero-order chi connectivity index (χ0) is 21.7. The van der Waals surface area contributed by atoms with E-state index in [0.717, 1.165) is 18.2 Å². The third-order valence-corrected chi connectivity index (χ3v) is 4.57. The van der Waals surface area contributed by atoms with Crippen molar-refractivity contribution in [2.45, 2.75) is 12.8 Å². The van der Waals surface area contributed by atoms with E-state index < -0.39 is 23.4 Å². The minimum atomic E-state index is -0.860. The Morgan fingerprint density at radius 1 is 1.20 bits per heavy atom. The summed E-state index contributed by atoms with van der Waals surface area (Å²) in [6.07, 6.45) is 1.35. The highest BCUT2D eigenvalue weighted by Crippen LogP contribution is 2.24. The second-order valence-corrected chi connectivity index (χ2v) is 6.56. The molecular formula is C20H20N4O6. The molecule has 0 saturated carbocycles. The SMILES string of the molecule is CNc1ccc([N+](=O)[O-])cc1C(=O)OCC(=O)Nc1ccc(N2CCCC2=O)cc1. The van der Waals surface area contributed by atoms with Gasteiger partial charge in [0.25, 0.3) is 11.6 Å². The lowest BCUT2D eigenvalue weighted by atomic mass is 10.1. The summed E-state index contributed by atoms with van der Waals surface area (Å²) in [6.45, 7) is 0.115. The van der Waals surface area contributed by atoms with Gasteiger partial charge in [0.2, 0.25) is 5.91 Å². The number of hydrogen-bond acceptors (Lipinski definition) is 7. The maximum atomic E-state index is 12.3. The number of esters is 1. The normalized spacial score (nSPS) is 13.1.